The lowest BCUT2D eigenvalue weighted by Gasteiger charge is -2.00. The Kier molecular flexibility index (Phi) is 5.20. The molecule has 0 unspecified atom stereocenters. The van der Waals surface area contributed by atoms with Gasteiger partial charge < -0.3 is 0 Å². The van der Waals surface area contributed by atoms with Crippen molar-refractivity contribution in [3.8, 4) is 23.7 Å². The lowest BCUT2D eigenvalue weighted by atomic mass is 10.1. The van der Waals surface area contributed by atoms with Crippen LogP contribution in [0.1, 0.15) is 22.3 Å². The first-order valence-corrected chi connectivity index (χ1v) is 9.21. The van der Waals surface area contributed by atoms with Crippen molar-refractivity contribution in [3.05, 3.63) is 101 Å². The molecule has 0 saturated heterocycles. The van der Waals surface area contributed by atoms with E-state index in [1.807, 2.05) is 60.7 Å². The number of rotatable bonds is 1. The topological polar surface area (TPSA) is 54.4 Å². The van der Waals surface area contributed by atoms with Crippen molar-refractivity contribution in [2.45, 2.75) is 4.90 Å². The van der Waals surface area contributed by atoms with Gasteiger partial charge in [0.1, 0.15) is 0 Å². The van der Waals surface area contributed by atoms with Crippen LogP contribution in [-0.4, -0.2) is 13.0 Å². The molecule has 26 heavy (non-hydrogen) atoms. The van der Waals surface area contributed by atoms with Crippen LogP contribution in [0.5, 0.6) is 0 Å². The van der Waals surface area contributed by atoms with Gasteiger partial charge in [0.15, 0.2) is 0 Å². The molecule has 1 N–H and O–H groups in total. The summed E-state index contributed by atoms with van der Waals surface area (Å²) in [6.45, 7) is 0. The van der Waals surface area contributed by atoms with Gasteiger partial charge in [-0.15, -0.1) is 0 Å². The van der Waals surface area contributed by atoms with Crippen molar-refractivity contribution >= 4 is 10.1 Å². The predicted octanol–water partition coefficient (Wildman–Crippen LogP) is 3.73. The second kappa shape index (κ2) is 7.72. The zero-order valence-corrected chi connectivity index (χ0v) is 14.5. The first-order valence-electron chi connectivity index (χ1n) is 7.77. The van der Waals surface area contributed by atoms with E-state index in [0.717, 1.165) is 11.1 Å². The zero-order chi connectivity index (χ0) is 18.4. The Morgan fingerprint density at radius 2 is 0.962 bits per heavy atom. The van der Waals surface area contributed by atoms with Gasteiger partial charge in [0.2, 0.25) is 0 Å². The lowest BCUT2D eigenvalue weighted by Crippen LogP contribution is -1.99. The van der Waals surface area contributed by atoms with E-state index in [0.29, 0.717) is 11.1 Å². The molecule has 0 radical (unpaired) electrons. The van der Waals surface area contributed by atoms with E-state index in [-0.39, 0.29) is 4.90 Å². The third kappa shape index (κ3) is 4.84. The Hall–Kier alpha value is -3.31. The Morgan fingerprint density at radius 3 is 1.35 bits per heavy atom. The van der Waals surface area contributed by atoms with E-state index in [2.05, 4.69) is 23.7 Å². The van der Waals surface area contributed by atoms with Gasteiger partial charge in [-0.1, -0.05) is 60.1 Å². The molecule has 0 heterocycles. The van der Waals surface area contributed by atoms with Crippen LogP contribution in [0.25, 0.3) is 0 Å². The molecule has 0 aliphatic carbocycles. The smallest absolute Gasteiger partial charge is 0.282 e. The first kappa shape index (κ1) is 17.5. The first-order chi connectivity index (χ1) is 12.5. The second-order valence-electron chi connectivity index (χ2n) is 5.45. The minimum absolute atomic E-state index is 0.227. The molecule has 3 aromatic rings. The third-order valence-corrected chi connectivity index (χ3v) is 4.29. The highest BCUT2D eigenvalue weighted by atomic mass is 32.2. The van der Waals surface area contributed by atoms with E-state index in [1.165, 1.54) is 12.1 Å². The van der Waals surface area contributed by atoms with Gasteiger partial charge in [0, 0.05) is 22.3 Å². The van der Waals surface area contributed by atoms with Gasteiger partial charge in [-0.25, -0.2) is 0 Å². The maximum Gasteiger partial charge on any atom is 0.294 e. The summed E-state index contributed by atoms with van der Waals surface area (Å²) in [6, 6.07) is 23.0. The quantitative estimate of drug-likeness (QED) is 0.533. The number of benzene rings is 3. The van der Waals surface area contributed by atoms with Crippen molar-refractivity contribution in [1.82, 2.24) is 0 Å². The van der Waals surface area contributed by atoms with Gasteiger partial charge in [0.05, 0.1) is 4.90 Å². The highest BCUT2D eigenvalue weighted by Gasteiger charge is 2.11. The van der Waals surface area contributed by atoms with Gasteiger partial charge in [-0.3, -0.25) is 4.55 Å². The van der Waals surface area contributed by atoms with Crippen molar-refractivity contribution in [2.24, 2.45) is 0 Å². The van der Waals surface area contributed by atoms with Gasteiger partial charge in [0.25, 0.3) is 10.1 Å². The second-order valence-corrected chi connectivity index (χ2v) is 6.87. The zero-order valence-electron chi connectivity index (χ0n) is 13.7. The van der Waals surface area contributed by atoms with Crippen LogP contribution < -0.4 is 0 Å². The van der Waals surface area contributed by atoms with Crippen molar-refractivity contribution in [3.63, 3.8) is 0 Å². The van der Waals surface area contributed by atoms with E-state index in [9.17, 15) is 13.0 Å². The summed E-state index contributed by atoms with van der Waals surface area (Å²) in [5.41, 5.74) is 2.53. The molecular weight excluding hydrogens is 344 g/mol. The maximum absolute atomic E-state index is 11.5. The maximum atomic E-state index is 11.5. The predicted molar refractivity (Wildman–Crippen MR) is 101 cm³/mol. The van der Waals surface area contributed by atoms with Crippen LogP contribution in [-0.2, 0) is 10.1 Å². The van der Waals surface area contributed by atoms with Crippen LogP contribution in [0.2, 0.25) is 0 Å². The fraction of sp³-hybridized carbons (Fsp3) is 0. The summed E-state index contributed by atoms with van der Waals surface area (Å²) in [4.78, 5) is -0.227. The highest BCUT2D eigenvalue weighted by Crippen LogP contribution is 2.15. The largest absolute Gasteiger partial charge is 0.294 e. The Balaban J connectivity index is 2.03. The normalized spacial score (nSPS) is 10.2. The van der Waals surface area contributed by atoms with Gasteiger partial charge in [-0.2, -0.15) is 8.42 Å². The van der Waals surface area contributed by atoms with E-state index >= 15 is 0 Å². The van der Waals surface area contributed by atoms with E-state index in [1.54, 1.807) is 6.07 Å². The fourth-order valence-electron chi connectivity index (χ4n) is 2.22. The minimum atomic E-state index is -4.35. The summed E-state index contributed by atoms with van der Waals surface area (Å²) in [6.07, 6.45) is 0. The Labute approximate surface area is 153 Å². The van der Waals surface area contributed by atoms with E-state index < -0.39 is 10.1 Å². The molecule has 4 heteroatoms. The average molecular weight is 358 g/mol. The van der Waals surface area contributed by atoms with Crippen LogP contribution in [0, 0.1) is 23.7 Å². The molecule has 0 aliphatic heterocycles. The monoisotopic (exact) mass is 358 g/mol. The minimum Gasteiger partial charge on any atom is -0.282 e. The Morgan fingerprint density at radius 1 is 0.577 bits per heavy atom. The van der Waals surface area contributed by atoms with Crippen molar-refractivity contribution in [2.75, 3.05) is 0 Å². The molecule has 3 aromatic carbocycles. The molecule has 0 spiro atoms. The molecule has 0 atom stereocenters. The van der Waals surface area contributed by atoms with Crippen LogP contribution in [0.4, 0.5) is 0 Å². The molecule has 0 aromatic heterocycles. The van der Waals surface area contributed by atoms with Crippen molar-refractivity contribution in [1.29, 1.82) is 0 Å². The molecule has 0 amide bonds. The standard InChI is InChI=1S/C22H14O3S/c23-26(24,25)22-16-20(13-11-18-7-3-1-4-8-18)15-21(17-22)14-12-19-9-5-2-6-10-19/h1-10,15-17H,(H,23,24,25). The summed E-state index contributed by atoms with van der Waals surface area (Å²) < 4.78 is 32.5. The van der Waals surface area contributed by atoms with Crippen LogP contribution >= 0.6 is 0 Å². The lowest BCUT2D eigenvalue weighted by molar-refractivity contribution is 0.483. The molecular formula is C22H14O3S. The third-order valence-electron chi connectivity index (χ3n) is 3.45. The fourth-order valence-corrected chi connectivity index (χ4v) is 2.78. The Bertz CT molecular complexity index is 1070. The summed E-state index contributed by atoms with van der Waals surface area (Å²) in [5, 5.41) is 0. The van der Waals surface area contributed by atoms with Crippen molar-refractivity contribution < 1.29 is 13.0 Å². The molecule has 0 aliphatic rings. The van der Waals surface area contributed by atoms with Gasteiger partial charge in [-0.05, 0) is 42.5 Å². The highest BCUT2D eigenvalue weighted by molar-refractivity contribution is 7.85. The average Bonchev–Trinajstić information content (AvgIpc) is 2.66. The number of hydrogen-bond donors (Lipinski definition) is 1. The summed E-state index contributed by atoms with van der Waals surface area (Å²) >= 11 is 0. The molecule has 3 nitrogen and oxygen atoms in total. The summed E-state index contributed by atoms with van der Waals surface area (Å²) in [5.74, 6) is 11.8. The molecule has 126 valence electrons. The molecule has 0 fully saturated rings. The number of hydrogen-bond acceptors (Lipinski definition) is 2. The summed E-state index contributed by atoms with van der Waals surface area (Å²) in [7, 11) is -4.35. The van der Waals surface area contributed by atoms with Crippen LogP contribution in [0.15, 0.2) is 83.8 Å². The SMILES string of the molecule is O=S(=O)(O)c1cc(C#Cc2ccccc2)cc(C#Cc2ccccc2)c1. The van der Waals surface area contributed by atoms with Gasteiger partial charge >= 0.3 is 0 Å². The molecule has 0 saturated carbocycles. The van der Waals surface area contributed by atoms with E-state index in [4.69, 9.17) is 0 Å². The molecule has 0 bridgehead atoms. The van der Waals surface area contributed by atoms with Crippen LogP contribution in [0.3, 0.4) is 0 Å². The molecule has 3 rings (SSSR count).